The molecule has 0 bridgehead atoms. The van der Waals surface area contributed by atoms with Gasteiger partial charge in [-0.15, -0.1) is 0 Å². The zero-order valence-corrected chi connectivity index (χ0v) is 13.0. The Morgan fingerprint density at radius 3 is 2.40 bits per heavy atom. The summed E-state index contributed by atoms with van der Waals surface area (Å²) in [7, 11) is 1.50. The second-order valence-electron chi connectivity index (χ2n) is 5.72. The van der Waals surface area contributed by atoms with Crippen LogP contribution in [-0.2, 0) is 14.3 Å². The first-order chi connectivity index (χ1) is 9.40. The monoisotopic (exact) mass is 285 g/mol. The molecule has 0 radical (unpaired) electrons. The summed E-state index contributed by atoms with van der Waals surface area (Å²) in [6, 6.07) is 0.143. The number of carbonyl (C=O) groups excluding carboxylic acids is 2. The fourth-order valence-corrected chi connectivity index (χ4v) is 2.54. The Labute approximate surface area is 121 Å². The van der Waals surface area contributed by atoms with Gasteiger partial charge in [0.25, 0.3) is 0 Å². The van der Waals surface area contributed by atoms with Crippen molar-refractivity contribution in [2.24, 2.45) is 0 Å². The SMILES string of the molecule is CCNC(C)(C)C(=O)N1CCC(NC(=O)COC)CC1. The summed E-state index contributed by atoms with van der Waals surface area (Å²) in [5.41, 5.74) is -0.527. The molecule has 20 heavy (non-hydrogen) atoms. The molecule has 1 aliphatic heterocycles. The first-order valence-electron chi connectivity index (χ1n) is 7.23. The molecule has 0 aromatic rings. The van der Waals surface area contributed by atoms with E-state index >= 15 is 0 Å². The number of likely N-dealkylation sites (tertiary alicyclic amines) is 1. The van der Waals surface area contributed by atoms with Crippen molar-refractivity contribution in [1.82, 2.24) is 15.5 Å². The minimum absolute atomic E-state index is 0.0899. The van der Waals surface area contributed by atoms with Crippen molar-refractivity contribution >= 4 is 11.8 Å². The van der Waals surface area contributed by atoms with E-state index in [1.807, 2.05) is 25.7 Å². The van der Waals surface area contributed by atoms with E-state index in [0.29, 0.717) is 13.1 Å². The summed E-state index contributed by atoms with van der Waals surface area (Å²) in [5, 5.41) is 6.13. The van der Waals surface area contributed by atoms with Crippen LogP contribution in [0.5, 0.6) is 0 Å². The lowest BCUT2D eigenvalue weighted by Crippen LogP contribution is -2.57. The first kappa shape index (κ1) is 16.9. The van der Waals surface area contributed by atoms with Crippen molar-refractivity contribution in [2.75, 3.05) is 33.4 Å². The van der Waals surface area contributed by atoms with Gasteiger partial charge in [0.15, 0.2) is 0 Å². The van der Waals surface area contributed by atoms with Gasteiger partial charge in [-0.25, -0.2) is 0 Å². The Balaban J connectivity index is 2.42. The van der Waals surface area contributed by atoms with Crippen LogP contribution in [0.2, 0.25) is 0 Å². The minimum atomic E-state index is -0.527. The Morgan fingerprint density at radius 1 is 1.30 bits per heavy atom. The van der Waals surface area contributed by atoms with Crippen LogP contribution in [0.15, 0.2) is 0 Å². The summed E-state index contributed by atoms with van der Waals surface area (Å²) in [6.07, 6.45) is 1.59. The predicted molar refractivity (Wildman–Crippen MR) is 77.4 cm³/mol. The van der Waals surface area contributed by atoms with Gasteiger partial charge in [-0.3, -0.25) is 9.59 Å². The number of nitrogens with one attached hydrogen (secondary N) is 2. The van der Waals surface area contributed by atoms with E-state index in [1.165, 1.54) is 7.11 Å². The number of methoxy groups -OCH3 is 1. The van der Waals surface area contributed by atoms with Crippen molar-refractivity contribution in [1.29, 1.82) is 0 Å². The summed E-state index contributed by atoms with van der Waals surface area (Å²) in [5.74, 6) is 0.0336. The van der Waals surface area contributed by atoms with Crippen molar-refractivity contribution in [3.05, 3.63) is 0 Å². The first-order valence-corrected chi connectivity index (χ1v) is 7.23. The molecular formula is C14H27N3O3. The van der Waals surface area contributed by atoms with E-state index in [4.69, 9.17) is 4.74 Å². The molecule has 1 saturated heterocycles. The second-order valence-corrected chi connectivity index (χ2v) is 5.72. The number of hydrogen-bond acceptors (Lipinski definition) is 4. The fourth-order valence-electron chi connectivity index (χ4n) is 2.54. The molecule has 1 fully saturated rings. The van der Waals surface area contributed by atoms with Gasteiger partial charge in [0.2, 0.25) is 11.8 Å². The zero-order chi connectivity index (χ0) is 15.2. The van der Waals surface area contributed by atoms with Crippen molar-refractivity contribution in [3.8, 4) is 0 Å². The third-order valence-corrected chi connectivity index (χ3v) is 3.58. The van der Waals surface area contributed by atoms with Crippen molar-refractivity contribution in [2.45, 2.75) is 45.2 Å². The van der Waals surface area contributed by atoms with Gasteiger partial charge in [-0.2, -0.15) is 0 Å². The number of piperidine rings is 1. The molecule has 6 heteroatoms. The molecule has 0 aromatic heterocycles. The summed E-state index contributed by atoms with van der Waals surface area (Å²) >= 11 is 0. The van der Waals surface area contributed by atoms with Gasteiger partial charge in [-0.05, 0) is 33.2 Å². The summed E-state index contributed by atoms with van der Waals surface area (Å²) in [4.78, 5) is 25.7. The maximum Gasteiger partial charge on any atom is 0.246 e. The van der Waals surface area contributed by atoms with Crippen LogP contribution in [0.3, 0.4) is 0 Å². The predicted octanol–water partition coefficient (Wildman–Crippen LogP) is 0.128. The molecule has 2 N–H and O–H groups in total. The van der Waals surface area contributed by atoms with Crippen molar-refractivity contribution in [3.63, 3.8) is 0 Å². The molecule has 0 atom stereocenters. The van der Waals surface area contributed by atoms with Crippen molar-refractivity contribution < 1.29 is 14.3 Å². The van der Waals surface area contributed by atoms with Crippen LogP contribution in [0.4, 0.5) is 0 Å². The van der Waals surface area contributed by atoms with E-state index in [1.54, 1.807) is 0 Å². The van der Waals surface area contributed by atoms with E-state index in [0.717, 1.165) is 19.4 Å². The number of rotatable bonds is 6. The normalized spacial score (nSPS) is 17.1. The standard InChI is InChI=1S/C14H27N3O3/c1-5-15-14(2,3)13(19)17-8-6-11(7-9-17)16-12(18)10-20-4/h11,15H,5-10H2,1-4H3,(H,16,18). The van der Waals surface area contributed by atoms with Gasteiger partial charge in [-0.1, -0.05) is 6.92 Å². The van der Waals surface area contributed by atoms with E-state index < -0.39 is 5.54 Å². The Bertz CT molecular complexity index is 337. The molecule has 0 aromatic carbocycles. The van der Waals surface area contributed by atoms with Gasteiger partial charge < -0.3 is 20.3 Å². The highest BCUT2D eigenvalue weighted by Crippen LogP contribution is 2.15. The average Bonchev–Trinajstić information content (AvgIpc) is 2.39. The molecule has 1 rings (SSSR count). The molecule has 0 saturated carbocycles. The third kappa shape index (κ3) is 4.76. The van der Waals surface area contributed by atoms with Crippen LogP contribution >= 0.6 is 0 Å². The highest BCUT2D eigenvalue weighted by atomic mass is 16.5. The average molecular weight is 285 g/mol. The molecular weight excluding hydrogens is 258 g/mol. The summed E-state index contributed by atoms with van der Waals surface area (Å²) < 4.78 is 4.79. The lowest BCUT2D eigenvalue weighted by Gasteiger charge is -2.37. The summed E-state index contributed by atoms with van der Waals surface area (Å²) in [6.45, 7) is 8.04. The molecule has 0 spiro atoms. The topological polar surface area (TPSA) is 70.7 Å². The number of ether oxygens (including phenoxy) is 1. The van der Waals surface area contributed by atoms with Crippen LogP contribution in [0.25, 0.3) is 0 Å². The Morgan fingerprint density at radius 2 is 1.90 bits per heavy atom. The highest BCUT2D eigenvalue weighted by molar-refractivity contribution is 5.85. The molecule has 0 aliphatic carbocycles. The fraction of sp³-hybridized carbons (Fsp3) is 0.857. The van der Waals surface area contributed by atoms with Crippen LogP contribution in [0, 0.1) is 0 Å². The van der Waals surface area contributed by atoms with Crippen LogP contribution in [0.1, 0.15) is 33.6 Å². The maximum absolute atomic E-state index is 12.4. The lowest BCUT2D eigenvalue weighted by molar-refractivity contribution is -0.138. The molecule has 1 heterocycles. The number of nitrogens with zero attached hydrogens (tertiary/aromatic N) is 1. The van der Waals surface area contributed by atoms with Gasteiger partial charge in [0, 0.05) is 26.2 Å². The zero-order valence-electron chi connectivity index (χ0n) is 13.0. The molecule has 0 unspecified atom stereocenters. The van der Waals surface area contributed by atoms with Crippen LogP contribution < -0.4 is 10.6 Å². The van der Waals surface area contributed by atoms with E-state index in [2.05, 4.69) is 10.6 Å². The third-order valence-electron chi connectivity index (χ3n) is 3.58. The molecule has 1 aliphatic rings. The number of carbonyl (C=O) groups is 2. The van der Waals surface area contributed by atoms with E-state index in [-0.39, 0.29) is 24.5 Å². The van der Waals surface area contributed by atoms with E-state index in [9.17, 15) is 9.59 Å². The quantitative estimate of drug-likeness (QED) is 0.728. The Kier molecular flexibility index (Phi) is 6.42. The number of likely N-dealkylation sites (N-methyl/N-ethyl adjacent to an activating group) is 1. The molecule has 116 valence electrons. The van der Waals surface area contributed by atoms with Gasteiger partial charge in [0.05, 0.1) is 5.54 Å². The second kappa shape index (κ2) is 7.59. The van der Waals surface area contributed by atoms with Crippen LogP contribution in [-0.4, -0.2) is 61.6 Å². The number of hydrogen-bond donors (Lipinski definition) is 2. The molecule has 6 nitrogen and oxygen atoms in total. The largest absolute Gasteiger partial charge is 0.375 e. The van der Waals surface area contributed by atoms with Gasteiger partial charge in [0.1, 0.15) is 6.61 Å². The lowest BCUT2D eigenvalue weighted by atomic mass is 9.99. The highest BCUT2D eigenvalue weighted by Gasteiger charge is 2.33. The van der Waals surface area contributed by atoms with Gasteiger partial charge >= 0.3 is 0 Å². The number of amides is 2. The smallest absolute Gasteiger partial charge is 0.246 e. The Hall–Kier alpha value is -1.14. The molecule has 2 amide bonds. The maximum atomic E-state index is 12.4. The minimum Gasteiger partial charge on any atom is -0.375 e.